The number of hydrogen-bond donors (Lipinski definition) is 2. The van der Waals surface area contributed by atoms with Crippen LogP contribution in [0.3, 0.4) is 0 Å². The number of carbonyl (C=O) groups excluding carboxylic acids is 3. The van der Waals surface area contributed by atoms with Crippen LogP contribution >= 0.6 is 0 Å². The summed E-state index contributed by atoms with van der Waals surface area (Å²) in [4.78, 5) is 42.2. The minimum Gasteiger partial charge on any atom is -0.450 e. The number of benzene rings is 1. The molecule has 1 aromatic heterocycles. The third-order valence-corrected chi connectivity index (χ3v) is 5.08. The van der Waals surface area contributed by atoms with E-state index in [1.165, 1.54) is 0 Å². The van der Waals surface area contributed by atoms with Gasteiger partial charge in [0.2, 0.25) is 5.91 Å². The summed E-state index contributed by atoms with van der Waals surface area (Å²) in [6.45, 7) is 3.72. The zero-order valence-corrected chi connectivity index (χ0v) is 17.2. The first-order chi connectivity index (χ1) is 14.6. The number of para-hydroxylation sites is 1. The Hall–Kier alpha value is -3.16. The Morgan fingerprint density at radius 1 is 1.13 bits per heavy atom. The van der Waals surface area contributed by atoms with Crippen molar-refractivity contribution in [2.24, 2.45) is 0 Å². The lowest BCUT2D eigenvalue weighted by Crippen LogP contribution is -2.46. The summed E-state index contributed by atoms with van der Waals surface area (Å²) in [6.07, 6.45) is 2.03. The van der Waals surface area contributed by atoms with Crippen LogP contribution in [0, 0.1) is 0 Å². The number of nitrogens with one attached hydrogen (secondary N) is 2. The molecule has 160 valence electrons. The molecule has 1 aliphatic rings. The van der Waals surface area contributed by atoms with Gasteiger partial charge in [-0.25, -0.2) is 9.78 Å². The summed E-state index contributed by atoms with van der Waals surface area (Å²) in [7, 11) is 0. The van der Waals surface area contributed by atoms with Crippen molar-refractivity contribution in [3.05, 3.63) is 42.1 Å². The second kappa shape index (κ2) is 10.6. The van der Waals surface area contributed by atoms with Crippen molar-refractivity contribution in [3.63, 3.8) is 0 Å². The Morgan fingerprint density at radius 2 is 1.90 bits per heavy atom. The third-order valence-electron chi connectivity index (χ3n) is 5.08. The highest BCUT2D eigenvalue weighted by Gasteiger charge is 2.24. The number of amides is 3. The largest absolute Gasteiger partial charge is 0.450 e. The molecule has 0 spiro atoms. The van der Waals surface area contributed by atoms with Crippen molar-refractivity contribution in [1.29, 1.82) is 0 Å². The molecule has 1 fully saturated rings. The molecule has 30 heavy (non-hydrogen) atoms. The maximum absolute atomic E-state index is 12.3. The maximum atomic E-state index is 12.3. The molecule has 2 aromatic rings. The van der Waals surface area contributed by atoms with Gasteiger partial charge in [-0.3, -0.25) is 9.59 Å². The van der Waals surface area contributed by atoms with Crippen molar-refractivity contribution in [2.75, 3.05) is 26.2 Å². The van der Waals surface area contributed by atoms with Crippen LogP contribution in [0.1, 0.15) is 43.1 Å². The van der Waals surface area contributed by atoms with E-state index in [0.717, 1.165) is 23.7 Å². The number of fused-ring (bicyclic) bond motifs is 1. The number of piperidine rings is 1. The molecule has 0 unspecified atom stereocenters. The summed E-state index contributed by atoms with van der Waals surface area (Å²) in [5.41, 5.74) is 1.14. The van der Waals surface area contributed by atoms with Gasteiger partial charge in [0.25, 0.3) is 5.91 Å². The predicted octanol–water partition coefficient (Wildman–Crippen LogP) is 2.48. The van der Waals surface area contributed by atoms with Gasteiger partial charge in [-0.05, 0) is 38.3 Å². The molecular weight excluding hydrogens is 384 g/mol. The Balaban J connectivity index is 1.33. The molecule has 0 atom stereocenters. The van der Waals surface area contributed by atoms with E-state index in [1.807, 2.05) is 30.3 Å². The fraction of sp³-hybridized carbons (Fsp3) is 0.455. The zero-order valence-electron chi connectivity index (χ0n) is 17.2. The fourth-order valence-electron chi connectivity index (χ4n) is 3.45. The van der Waals surface area contributed by atoms with E-state index in [0.29, 0.717) is 44.8 Å². The first-order valence-electron chi connectivity index (χ1n) is 10.4. The van der Waals surface area contributed by atoms with E-state index in [2.05, 4.69) is 15.6 Å². The van der Waals surface area contributed by atoms with Gasteiger partial charge in [0.05, 0.1) is 12.1 Å². The monoisotopic (exact) mass is 412 g/mol. The number of nitrogens with zero attached hydrogens (tertiary/aromatic N) is 2. The van der Waals surface area contributed by atoms with Crippen LogP contribution in [-0.4, -0.2) is 60.1 Å². The van der Waals surface area contributed by atoms with E-state index in [-0.39, 0.29) is 23.9 Å². The molecular formula is C22H28N4O4. The van der Waals surface area contributed by atoms with Crippen LogP contribution in [0.25, 0.3) is 10.9 Å². The Bertz CT molecular complexity index is 894. The van der Waals surface area contributed by atoms with Gasteiger partial charge >= 0.3 is 6.09 Å². The average molecular weight is 412 g/mol. The van der Waals surface area contributed by atoms with Gasteiger partial charge in [-0.1, -0.05) is 24.3 Å². The molecule has 1 aromatic carbocycles. The number of carbonyl (C=O) groups is 3. The van der Waals surface area contributed by atoms with Gasteiger partial charge in [-0.2, -0.15) is 0 Å². The average Bonchev–Trinajstić information content (AvgIpc) is 2.77. The summed E-state index contributed by atoms with van der Waals surface area (Å²) >= 11 is 0. The van der Waals surface area contributed by atoms with E-state index < -0.39 is 0 Å². The van der Waals surface area contributed by atoms with Crippen molar-refractivity contribution in [3.8, 4) is 0 Å². The van der Waals surface area contributed by atoms with Crippen LogP contribution in [-0.2, 0) is 9.53 Å². The smallest absolute Gasteiger partial charge is 0.409 e. The fourth-order valence-corrected chi connectivity index (χ4v) is 3.45. The third kappa shape index (κ3) is 5.92. The number of pyridine rings is 1. The van der Waals surface area contributed by atoms with Gasteiger partial charge in [0, 0.05) is 37.5 Å². The number of aromatic nitrogens is 1. The lowest BCUT2D eigenvalue weighted by molar-refractivity contribution is -0.122. The summed E-state index contributed by atoms with van der Waals surface area (Å²) in [5.74, 6) is -0.282. The van der Waals surface area contributed by atoms with Crippen LogP contribution in [0.15, 0.2) is 36.4 Å². The molecule has 8 nitrogen and oxygen atoms in total. The summed E-state index contributed by atoms with van der Waals surface area (Å²) in [5, 5.41) is 6.81. The topological polar surface area (TPSA) is 101 Å². The van der Waals surface area contributed by atoms with E-state index in [1.54, 1.807) is 17.9 Å². The highest BCUT2D eigenvalue weighted by molar-refractivity contribution is 5.94. The van der Waals surface area contributed by atoms with Crippen LogP contribution in [0.5, 0.6) is 0 Å². The summed E-state index contributed by atoms with van der Waals surface area (Å²) in [6, 6.07) is 11.3. The second-order valence-electron chi connectivity index (χ2n) is 7.28. The van der Waals surface area contributed by atoms with Crippen molar-refractivity contribution < 1.29 is 19.1 Å². The van der Waals surface area contributed by atoms with Crippen molar-refractivity contribution in [1.82, 2.24) is 20.5 Å². The molecule has 0 radical (unpaired) electrons. The van der Waals surface area contributed by atoms with E-state index in [4.69, 9.17) is 4.74 Å². The van der Waals surface area contributed by atoms with Crippen molar-refractivity contribution >= 4 is 28.8 Å². The van der Waals surface area contributed by atoms with Crippen LogP contribution in [0.4, 0.5) is 4.79 Å². The molecule has 1 aliphatic heterocycles. The Morgan fingerprint density at radius 3 is 2.67 bits per heavy atom. The van der Waals surface area contributed by atoms with Gasteiger partial charge < -0.3 is 20.3 Å². The SMILES string of the molecule is CCOC(=O)N1CCC(NC(=O)CCCNC(=O)c2ccc3ccccc3n2)CC1. The number of hydrogen-bond acceptors (Lipinski definition) is 5. The standard InChI is InChI=1S/C22H28N4O4/c1-2-30-22(29)26-14-11-17(12-15-26)24-20(27)8-5-13-23-21(28)19-10-9-16-6-3-4-7-18(16)25-19/h3-4,6-7,9-10,17H,2,5,8,11-15H2,1H3,(H,23,28)(H,24,27). The predicted molar refractivity (Wildman–Crippen MR) is 113 cm³/mol. The molecule has 0 bridgehead atoms. The molecule has 2 N–H and O–H groups in total. The highest BCUT2D eigenvalue weighted by atomic mass is 16.6. The summed E-state index contributed by atoms with van der Waals surface area (Å²) < 4.78 is 5.00. The molecule has 0 aliphatic carbocycles. The minimum atomic E-state index is -0.293. The van der Waals surface area contributed by atoms with Crippen LogP contribution < -0.4 is 10.6 Å². The first kappa shape index (κ1) is 21.5. The molecule has 1 saturated heterocycles. The quantitative estimate of drug-likeness (QED) is 0.681. The van der Waals surface area contributed by atoms with Gasteiger partial charge in [0.1, 0.15) is 5.69 Å². The normalized spacial score (nSPS) is 14.4. The highest BCUT2D eigenvalue weighted by Crippen LogP contribution is 2.13. The lowest BCUT2D eigenvalue weighted by atomic mass is 10.1. The Kier molecular flexibility index (Phi) is 7.59. The van der Waals surface area contributed by atoms with Crippen molar-refractivity contribution in [2.45, 2.75) is 38.6 Å². The second-order valence-corrected chi connectivity index (χ2v) is 7.28. The first-order valence-corrected chi connectivity index (χ1v) is 10.4. The zero-order chi connectivity index (χ0) is 21.3. The molecule has 8 heteroatoms. The number of rotatable bonds is 7. The maximum Gasteiger partial charge on any atom is 0.409 e. The van der Waals surface area contributed by atoms with E-state index in [9.17, 15) is 14.4 Å². The molecule has 2 heterocycles. The molecule has 0 saturated carbocycles. The van der Waals surface area contributed by atoms with Gasteiger partial charge in [0.15, 0.2) is 0 Å². The van der Waals surface area contributed by atoms with Crippen LogP contribution in [0.2, 0.25) is 0 Å². The van der Waals surface area contributed by atoms with Gasteiger partial charge in [-0.15, -0.1) is 0 Å². The number of likely N-dealkylation sites (tertiary alicyclic amines) is 1. The Labute approximate surface area is 176 Å². The lowest BCUT2D eigenvalue weighted by Gasteiger charge is -2.31. The molecule has 3 amide bonds. The number of ether oxygens (including phenoxy) is 1. The molecule has 3 rings (SSSR count). The minimum absolute atomic E-state index is 0.0392. The van der Waals surface area contributed by atoms with E-state index >= 15 is 0 Å².